The summed E-state index contributed by atoms with van der Waals surface area (Å²) in [5.74, 6) is 0.667. The van der Waals surface area contributed by atoms with E-state index in [0.29, 0.717) is 17.4 Å². The second-order valence-corrected chi connectivity index (χ2v) is 5.79. The molecule has 0 radical (unpaired) electrons. The average Bonchev–Trinajstić information content (AvgIpc) is 2.37. The lowest BCUT2D eigenvalue weighted by atomic mass is 9.87. The maximum Gasteiger partial charge on any atom is 0.138 e. The number of halogens is 1. The molecule has 0 aliphatic heterocycles. The molecule has 0 saturated heterocycles. The van der Waals surface area contributed by atoms with Crippen molar-refractivity contribution >= 4 is 11.6 Å². The number of rotatable bonds is 3. The van der Waals surface area contributed by atoms with Gasteiger partial charge in [0, 0.05) is 12.4 Å². The van der Waals surface area contributed by atoms with Crippen LogP contribution in [-0.4, -0.2) is 9.97 Å². The summed E-state index contributed by atoms with van der Waals surface area (Å²) < 4.78 is 5.66. The maximum atomic E-state index is 6.24. The molecule has 0 saturated carbocycles. The Kier molecular flexibility index (Phi) is 4.05. The van der Waals surface area contributed by atoms with Crippen LogP contribution >= 0.6 is 11.6 Å². The second-order valence-electron chi connectivity index (χ2n) is 5.38. The Morgan fingerprint density at radius 2 is 2.00 bits per heavy atom. The molecule has 19 heavy (non-hydrogen) atoms. The van der Waals surface area contributed by atoms with Crippen molar-refractivity contribution in [1.29, 1.82) is 0 Å². The van der Waals surface area contributed by atoms with Gasteiger partial charge in [0.05, 0.1) is 16.9 Å². The summed E-state index contributed by atoms with van der Waals surface area (Å²) in [6.07, 6.45) is 4.95. The molecule has 4 heteroatoms. The Hall–Kier alpha value is -1.61. The van der Waals surface area contributed by atoms with Gasteiger partial charge in [0.1, 0.15) is 12.4 Å². The molecule has 1 aromatic heterocycles. The molecule has 0 atom stereocenters. The lowest BCUT2D eigenvalue weighted by Gasteiger charge is -2.20. The smallest absolute Gasteiger partial charge is 0.138 e. The number of ether oxygens (including phenoxy) is 1. The fourth-order valence-corrected chi connectivity index (χ4v) is 1.88. The zero-order chi connectivity index (χ0) is 13.9. The van der Waals surface area contributed by atoms with Crippen LogP contribution in [0, 0.1) is 0 Å². The first-order valence-corrected chi connectivity index (χ1v) is 6.52. The van der Waals surface area contributed by atoms with Gasteiger partial charge in [-0.1, -0.05) is 38.4 Å². The molecular formula is C15H17ClN2O. The third-order valence-electron chi connectivity index (χ3n) is 2.79. The Morgan fingerprint density at radius 3 is 2.58 bits per heavy atom. The lowest BCUT2D eigenvalue weighted by molar-refractivity contribution is 0.300. The minimum atomic E-state index is 0.0765. The predicted molar refractivity (Wildman–Crippen MR) is 76.5 cm³/mol. The van der Waals surface area contributed by atoms with E-state index in [1.165, 1.54) is 5.56 Å². The fraction of sp³-hybridized carbons (Fsp3) is 0.333. The van der Waals surface area contributed by atoms with Gasteiger partial charge < -0.3 is 4.74 Å². The minimum Gasteiger partial charge on any atom is -0.486 e. The Labute approximate surface area is 118 Å². The molecule has 0 spiro atoms. The molecule has 0 amide bonds. The van der Waals surface area contributed by atoms with Crippen LogP contribution < -0.4 is 4.74 Å². The highest BCUT2D eigenvalue weighted by molar-refractivity contribution is 6.32. The van der Waals surface area contributed by atoms with Crippen LogP contribution in [0.4, 0.5) is 0 Å². The number of aromatic nitrogens is 2. The van der Waals surface area contributed by atoms with Crippen molar-refractivity contribution in [3.8, 4) is 5.75 Å². The quantitative estimate of drug-likeness (QED) is 0.850. The third kappa shape index (κ3) is 3.67. The van der Waals surface area contributed by atoms with Crippen molar-refractivity contribution in [2.45, 2.75) is 32.8 Å². The zero-order valence-electron chi connectivity index (χ0n) is 11.4. The van der Waals surface area contributed by atoms with Crippen molar-refractivity contribution in [3.63, 3.8) is 0 Å². The van der Waals surface area contributed by atoms with Crippen LogP contribution in [0.3, 0.4) is 0 Å². The molecule has 0 fully saturated rings. The molecule has 0 aliphatic carbocycles. The monoisotopic (exact) mass is 276 g/mol. The molecule has 1 heterocycles. The van der Waals surface area contributed by atoms with Crippen molar-refractivity contribution in [3.05, 3.63) is 53.1 Å². The molecule has 2 aromatic rings. The van der Waals surface area contributed by atoms with Gasteiger partial charge in [-0.3, -0.25) is 9.97 Å². The van der Waals surface area contributed by atoms with E-state index in [2.05, 4.69) is 30.7 Å². The molecule has 0 unspecified atom stereocenters. The van der Waals surface area contributed by atoms with Crippen molar-refractivity contribution in [2.75, 3.05) is 0 Å². The normalized spacial score (nSPS) is 11.4. The topological polar surface area (TPSA) is 35.0 Å². The standard InChI is InChI=1S/C15H17ClN2O/c1-15(2,3)11-4-5-14(13(16)8-11)19-10-12-9-17-6-7-18-12/h4-9H,10H2,1-3H3. The van der Waals surface area contributed by atoms with Gasteiger partial charge in [0.15, 0.2) is 0 Å². The van der Waals surface area contributed by atoms with E-state index in [-0.39, 0.29) is 5.41 Å². The summed E-state index contributed by atoms with van der Waals surface area (Å²) in [6.45, 7) is 6.82. The number of nitrogens with zero attached hydrogens (tertiary/aromatic N) is 2. The van der Waals surface area contributed by atoms with Crippen molar-refractivity contribution < 1.29 is 4.74 Å². The molecule has 3 nitrogen and oxygen atoms in total. The van der Waals surface area contributed by atoms with Crippen LogP contribution in [0.25, 0.3) is 0 Å². The number of benzene rings is 1. The van der Waals surface area contributed by atoms with Crippen LogP contribution in [0.1, 0.15) is 32.0 Å². The zero-order valence-corrected chi connectivity index (χ0v) is 12.1. The second kappa shape index (κ2) is 5.57. The summed E-state index contributed by atoms with van der Waals surface area (Å²) in [6, 6.07) is 5.89. The third-order valence-corrected chi connectivity index (χ3v) is 3.09. The van der Waals surface area contributed by atoms with Crippen LogP contribution in [0.5, 0.6) is 5.75 Å². The van der Waals surface area contributed by atoms with Crippen molar-refractivity contribution in [1.82, 2.24) is 9.97 Å². The maximum absolute atomic E-state index is 6.24. The van der Waals surface area contributed by atoms with Gasteiger partial charge in [0.2, 0.25) is 0 Å². The first-order valence-electron chi connectivity index (χ1n) is 6.14. The van der Waals surface area contributed by atoms with E-state index in [9.17, 15) is 0 Å². The van der Waals surface area contributed by atoms with Crippen LogP contribution in [0.2, 0.25) is 5.02 Å². The SMILES string of the molecule is CC(C)(C)c1ccc(OCc2cnccn2)c(Cl)c1. The van der Waals surface area contributed by atoms with Gasteiger partial charge in [0.25, 0.3) is 0 Å². The number of hydrogen-bond acceptors (Lipinski definition) is 3. The predicted octanol–water partition coefficient (Wildman–Crippen LogP) is 4.01. The fourth-order valence-electron chi connectivity index (χ4n) is 1.64. The lowest BCUT2D eigenvalue weighted by Crippen LogP contribution is -2.11. The van der Waals surface area contributed by atoms with Gasteiger partial charge in [-0.2, -0.15) is 0 Å². The molecular weight excluding hydrogens is 260 g/mol. The summed E-state index contributed by atoms with van der Waals surface area (Å²) in [5, 5.41) is 0.622. The van der Waals surface area contributed by atoms with Gasteiger partial charge in [-0.25, -0.2) is 0 Å². The summed E-state index contributed by atoms with van der Waals surface area (Å²) in [5.41, 5.74) is 2.04. The Bertz CT molecular complexity index is 550. The number of hydrogen-bond donors (Lipinski definition) is 0. The van der Waals surface area contributed by atoms with E-state index >= 15 is 0 Å². The molecule has 1 aromatic carbocycles. The first kappa shape index (κ1) is 13.8. The molecule has 100 valence electrons. The van der Waals surface area contributed by atoms with E-state index in [4.69, 9.17) is 16.3 Å². The highest BCUT2D eigenvalue weighted by Crippen LogP contribution is 2.31. The Morgan fingerprint density at radius 1 is 1.21 bits per heavy atom. The summed E-state index contributed by atoms with van der Waals surface area (Å²) >= 11 is 6.24. The van der Waals surface area contributed by atoms with Crippen LogP contribution in [-0.2, 0) is 12.0 Å². The summed E-state index contributed by atoms with van der Waals surface area (Å²) in [4.78, 5) is 8.14. The van der Waals surface area contributed by atoms with E-state index in [1.54, 1.807) is 18.6 Å². The highest BCUT2D eigenvalue weighted by Gasteiger charge is 2.15. The average molecular weight is 277 g/mol. The molecule has 2 rings (SSSR count). The van der Waals surface area contributed by atoms with Crippen LogP contribution in [0.15, 0.2) is 36.8 Å². The van der Waals surface area contributed by atoms with Gasteiger partial charge in [-0.15, -0.1) is 0 Å². The first-order chi connectivity index (χ1) is 8.97. The molecule has 0 bridgehead atoms. The highest BCUT2D eigenvalue weighted by atomic mass is 35.5. The summed E-state index contributed by atoms with van der Waals surface area (Å²) in [7, 11) is 0. The Balaban J connectivity index is 2.10. The van der Waals surface area contributed by atoms with Gasteiger partial charge >= 0.3 is 0 Å². The van der Waals surface area contributed by atoms with E-state index < -0.39 is 0 Å². The largest absolute Gasteiger partial charge is 0.486 e. The minimum absolute atomic E-state index is 0.0765. The van der Waals surface area contributed by atoms with Gasteiger partial charge in [-0.05, 0) is 23.1 Å². The van der Waals surface area contributed by atoms with Crippen molar-refractivity contribution in [2.24, 2.45) is 0 Å². The molecule has 0 aliphatic rings. The van der Waals surface area contributed by atoms with E-state index in [0.717, 1.165) is 5.69 Å². The molecule has 0 N–H and O–H groups in total. The van der Waals surface area contributed by atoms with E-state index in [1.807, 2.05) is 18.2 Å².